The summed E-state index contributed by atoms with van der Waals surface area (Å²) in [4.78, 5) is 1.63. The maximum Gasteiger partial charge on any atom is 0.151 e. The first-order valence-electron chi connectivity index (χ1n) is 6.43. The van der Waals surface area contributed by atoms with Gasteiger partial charge in [0.2, 0.25) is 0 Å². The molecule has 0 amide bonds. The van der Waals surface area contributed by atoms with Crippen molar-refractivity contribution >= 4 is 21.4 Å². The van der Waals surface area contributed by atoms with Crippen LogP contribution in [0.25, 0.3) is 0 Å². The zero-order chi connectivity index (χ0) is 14.8. The van der Waals surface area contributed by atoms with Crippen molar-refractivity contribution in [2.24, 2.45) is 0 Å². The van der Waals surface area contributed by atoms with Gasteiger partial charge in [-0.1, -0.05) is 23.7 Å². The number of hydrogen-bond acceptors (Lipinski definition) is 5. The number of nitrogens with zero attached hydrogens (tertiary/aromatic N) is 1. The molecule has 7 heteroatoms. The summed E-state index contributed by atoms with van der Waals surface area (Å²) in [5.74, 6) is 0.157. The van der Waals surface area contributed by atoms with E-state index in [4.69, 9.17) is 16.7 Å². The Morgan fingerprint density at radius 1 is 1.35 bits per heavy atom. The van der Waals surface area contributed by atoms with Crippen molar-refractivity contribution in [1.82, 2.24) is 4.90 Å². The molecule has 1 aliphatic heterocycles. The SMILES string of the molecule is O=S1(=O)CC[C@@H](N(CCO)[C@@H](O)c2ccc(Cl)cc2)C1. The van der Waals surface area contributed by atoms with Crippen LogP contribution in [-0.2, 0) is 9.84 Å². The van der Waals surface area contributed by atoms with Crippen LogP contribution in [0.4, 0.5) is 0 Å². The molecule has 5 nitrogen and oxygen atoms in total. The molecule has 1 saturated heterocycles. The van der Waals surface area contributed by atoms with Crippen LogP contribution in [-0.4, -0.2) is 54.2 Å². The van der Waals surface area contributed by atoms with E-state index < -0.39 is 16.1 Å². The second-order valence-electron chi connectivity index (χ2n) is 4.94. The summed E-state index contributed by atoms with van der Waals surface area (Å²) in [5.41, 5.74) is 0.632. The zero-order valence-corrected chi connectivity index (χ0v) is 12.5. The topological polar surface area (TPSA) is 77.8 Å². The zero-order valence-electron chi connectivity index (χ0n) is 10.9. The van der Waals surface area contributed by atoms with Gasteiger partial charge in [0.25, 0.3) is 0 Å². The third-order valence-corrected chi connectivity index (χ3v) is 5.52. The van der Waals surface area contributed by atoms with Crippen LogP contribution in [0.5, 0.6) is 0 Å². The number of halogens is 1. The molecule has 0 spiro atoms. The van der Waals surface area contributed by atoms with Gasteiger partial charge in [-0.15, -0.1) is 0 Å². The highest BCUT2D eigenvalue weighted by molar-refractivity contribution is 7.91. The Labute approximate surface area is 123 Å². The molecule has 0 radical (unpaired) electrons. The summed E-state index contributed by atoms with van der Waals surface area (Å²) in [5, 5.41) is 20.1. The summed E-state index contributed by atoms with van der Waals surface area (Å²) >= 11 is 5.81. The number of benzene rings is 1. The van der Waals surface area contributed by atoms with Crippen LogP contribution in [0.2, 0.25) is 5.02 Å². The van der Waals surface area contributed by atoms with Gasteiger partial charge in [0.15, 0.2) is 9.84 Å². The van der Waals surface area contributed by atoms with Gasteiger partial charge < -0.3 is 10.2 Å². The average Bonchev–Trinajstić information content (AvgIpc) is 2.76. The average molecular weight is 320 g/mol. The predicted molar refractivity (Wildman–Crippen MR) is 77.3 cm³/mol. The lowest BCUT2D eigenvalue weighted by Crippen LogP contribution is -2.41. The van der Waals surface area contributed by atoms with Crippen molar-refractivity contribution in [2.45, 2.75) is 18.7 Å². The van der Waals surface area contributed by atoms with E-state index in [-0.39, 0.29) is 30.7 Å². The van der Waals surface area contributed by atoms with E-state index in [9.17, 15) is 13.5 Å². The number of sulfone groups is 1. The highest BCUT2D eigenvalue weighted by Gasteiger charge is 2.35. The van der Waals surface area contributed by atoms with Crippen molar-refractivity contribution < 1.29 is 18.6 Å². The van der Waals surface area contributed by atoms with Crippen molar-refractivity contribution in [2.75, 3.05) is 24.7 Å². The minimum Gasteiger partial charge on any atom is -0.395 e. The molecule has 1 heterocycles. The Bertz CT molecular complexity index is 546. The second-order valence-corrected chi connectivity index (χ2v) is 7.61. The lowest BCUT2D eigenvalue weighted by Gasteiger charge is -2.32. The van der Waals surface area contributed by atoms with Gasteiger partial charge in [-0.3, -0.25) is 4.90 Å². The Hall–Kier alpha value is -0.660. The fourth-order valence-electron chi connectivity index (χ4n) is 2.48. The Balaban J connectivity index is 2.17. The largest absolute Gasteiger partial charge is 0.395 e. The van der Waals surface area contributed by atoms with Gasteiger partial charge in [-0.05, 0) is 24.1 Å². The summed E-state index contributed by atoms with van der Waals surface area (Å²) in [6.45, 7) is 0.0885. The molecule has 1 aromatic rings. The van der Waals surface area contributed by atoms with E-state index in [1.165, 1.54) is 0 Å². The molecule has 2 rings (SSSR count). The van der Waals surface area contributed by atoms with Crippen molar-refractivity contribution in [3.8, 4) is 0 Å². The van der Waals surface area contributed by atoms with Crippen LogP contribution in [0.15, 0.2) is 24.3 Å². The van der Waals surface area contributed by atoms with E-state index in [1.807, 2.05) is 0 Å². The van der Waals surface area contributed by atoms with Crippen LogP contribution in [0, 0.1) is 0 Å². The summed E-state index contributed by atoms with van der Waals surface area (Å²) < 4.78 is 23.1. The molecule has 0 aromatic heterocycles. The Morgan fingerprint density at radius 3 is 2.50 bits per heavy atom. The van der Waals surface area contributed by atoms with E-state index in [2.05, 4.69) is 0 Å². The smallest absolute Gasteiger partial charge is 0.151 e. The molecule has 0 aliphatic carbocycles. The molecule has 20 heavy (non-hydrogen) atoms. The van der Waals surface area contributed by atoms with Gasteiger partial charge in [0, 0.05) is 17.6 Å². The molecule has 0 saturated carbocycles. The lowest BCUT2D eigenvalue weighted by atomic mass is 10.1. The maximum atomic E-state index is 11.6. The third-order valence-electron chi connectivity index (χ3n) is 3.52. The number of aliphatic hydroxyl groups excluding tert-OH is 2. The second kappa shape index (κ2) is 6.41. The fraction of sp³-hybridized carbons (Fsp3) is 0.538. The molecule has 1 aliphatic rings. The fourth-order valence-corrected chi connectivity index (χ4v) is 4.35. The van der Waals surface area contributed by atoms with Crippen molar-refractivity contribution in [1.29, 1.82) is 0 Å². The number of aliphatic hydroxyl groups is 2. The standard InChI is InChI=1S/C13H18ClNO4S/c14-11-3-1-10(2-4-11)13(17)15(6-7-16)12-5-8-20(18,19)9-12/h1-4,12-13,16-17H,5-9H2/t12-,13+/m1/s1. The Morgan fingerprint density at radius 2 is 2.00 bits per heavy atom. The van der Waals surface area contributed by atoms with Gasteiger partial charge in [-0.2, -0.15) is 0 Å². The molecule has 0 bridgehead atoms. The molecule has 2 N–H and O–H groups in total. The molecule has 2 atom stereocenters. The lowest BCUT2D eigenvalue weighted by molar-refractivity contribution is -0.0298. The van der Waals surface area contributed by atoms with Gasteiger partial charge in [0.05, 0.1) is 18.1 Å². The van der Waals surface area contributed by atoms with Crippen molar-refractivity contribution in [3.63, 3.8) is 0 Å². The maximum absolute atomic E-state index is 11.6. The molecule has 1 fully saturated rings. The van der Waals surface area contributed by atoms with E-state index in [1.54, 1.807) is 29.2 Å². The predicted octanol–water partition coefficient (Wildman–Crippen LogP) is 0.812. The van der Waals surface area contributed by atoms with Crippen LogP contribution < -0.4 is 0 Å². The van der Waals surface area contributed by atoms with Crippen LogP contribution in [0.1, 0.15) is 18.2 Å². The molecule has 112 valence electrons. The normalized spacial score (nSPS) is 23.1. The Kier molecular flexibility index (Phi) is 5.04. The van der Waals surface area contributed by atoms with Crippen LogP contribution in [0.3, 0.4) is 0 Å². The van der Waals surface area contributed by atoms with Crippen LogP contribution >= 0.6 is 11.6 Å². The molecular formula is C13H18ClNO4S. The van der Waals surface area contributed by atoms with E-state index in [0.29, 0.717) is 17.0 Å². The monoisotopic (exact) mass is 319 g/mol. The first-order valence-corrected chi connectivity index (χ1v) is 8.63. The van der Waals surface area contributed by atoms with E-state index in [0.717, 1.165) is 0 Å². The minimum atomic E-state index is -3.04. The first kappa shape index (κ1) is 15.7. The molecular weight excluding hydrogens is 302 g/mol. The number of hydrogen-bond donors (Lipinski definition) is 2. The summed E-state index contributed by atoms with van der Waals surface area (Å²) in [7, 11) is -3.04. The summed E-state index contributed by atoms with van der Waals surface area (Å²) in [6, 6.07) is 6.46. The van der Waals surface area contributed by atoms with Gasteiger partial charge in [0.1, 0.15) is 6.23 Å². The molecule has 0 unspecified atom stereocenters. The van der Waals surface area contributed by atoms with Gasteiger partial charge in [-0.25, -0.2) is 8.42 Å². The minimum absolute atomic E-state index is 0.0254. The third kappa shape index (κ3) is 3.71. The highest BCUT2D eigenvalue weighted by Crippen LogP contribution is 2.26. The summed E-state index contributed by atoms with van der Waals surface area (Å²) in [6.07, 6.45) is -0.467. The van der Waals surface area contributed by atoms with Crippen molar-refractivity contribution in [3.05, 3.63) is 34.9 Å². The van der Waals surface area contributed by atoms with E-state index >= 15 is 0 Å². The number of rotatable bonds is 5. The highest BCUT2D eigenvalue weighted by atomic mass is 35.5. The quantitative estimate of drug-likeness (QED) is 0.785. The molecule has 1 aromatic carbocycles. The first-order chi connectivity index (χ1) is 9.43. The van der Waals surface area contributed by atoms with Gasteiger partial charge >= 0.3 is 0 Å².